The van der Waals surface area contributed by atoms with Crippen LogP contribution in [0.15, 0.2) is 0 Å². The summed E-state index contributed by atoms with van der Waals surface area (Å²) < 4.78 is 44.1. The first kappa shape index (κ1) is 14.6. The zero-order chi connectivity index (χ0) is 14.0. The lowest BCUT2D eigenvalue weighted by molar-refractivity contribution is -0.208. The number of aliphatic carboxylic acids is 1. The van der Waals surface area contributed by atoms with Crippen LogP contribution in [0.25, 0.3) is 0 Å². The maximum absolute atomic E-state index is 13.0. The minimum absolute atomic E-state index is 0.0987. The molecule has 3 atom stereocenters. The lowest BCUT2D eigenvalue weighted by Crippen LogP contribution is -2.50. The summed E-state index contributed by atoms with van der Waals surface area (Å²) in [6, 6.07) is -0.175. The number of nitrogens with zero attached hydrogens (tertiary/aromatic N) is 1. The van der Waals surface area contributed by atoms with Gasteiger partial charge in [0.05, 0.1) is 25.0 Å². The molecule has 2 fully saturated rings. The number of hydrogen-bond acceptors (Lipinski definition) is 3. The minimum atomic E-state index is -4.44. The van der Waals surface area contributed by atoms with E-state index in [2.05, 4.69) is 0 Å². The van der Waals surface area contributed by atoms with E-state index in [1.807, 2.05) is 4.90 Å². The van der Waals surface area contributed by atoms with Gasteiger partial charge >= 0.3 is 12.1 Å². The molecule has 1 heterocycles. The molecule has 0 aromatic rings. The number of carboxylic acids is 1. The van der Waals surface area contributed by atoms with Gasteiger partial charge in [-0.2, -0.15) is 13.2 Å². The van der Waals surface area contributed by atoms with E-state index in [1.54, 1.807) is 0 Å². The standard InChI is InChI=1S/C12H18F3NO3/c13-12(14,15)10-7-8(1-2-9(10)11(17)18)16-3-5-19-6-4-16/h8-10H,1-7H2,(H,17,18). The van der Waals surface area contributed by atoms with E-state index < -0.39 is 24.0 Å². The summed E-state index contributed by atoms with van der Waals surface area (Å²) in [6.45, 7) is 2.34. The fourth-order valence-corrected chi connectivity index (χ4v) is 3.08. The van der Waals surface area contributed by atoms with Crippen LogP contribution in [0.1, 0.15) is 19.3 Å². The summed E-state index contributed by atoms with van der Waals surface area (Å²) >= 11 is 0. The number of hydrogen-bond donors (Lipinski definition) is 1. The van der Waals surface area contributed by atoms with Crippen molar-refractivity contribution in [3.05, 3.63) is 0 Å². The van der Waals surface area contributed by atoms with E-state index in [9.17, 15) is 18.0 Å². The molecule has 0 aromatic carbocycles. The van der Waals surface area contributed by atoms with Crippen LogP contribution in [0.3, 0.4) is 0 Å². The zero-order valence-corrected chi connectivity index (χ0v) is 10.5. The molecule has 1 saturated carbocycles. The molecular formula is C12H18F3NO3. The van der Waals surface area contributed by atoms with Crippen LogP contribution in [0, 0.1) is 11.8 Å². The Bertz CT molecular complexity index is 329. The molecule has 0 amide bonds. The third-order valence-electron chi connectivity index (χ3n) is 4.12. The third kappa shape index (κ3) is 3.39. The van der Waals surface area contributed by atoms with Gasteiger partial charge in [0.2, 0.25) is 0 Å². The highest BCUT2D eigenvalue weighted by Gasteiger charge is 2.51. The molecule has 0 bridgehead atoms. The van der Waals surface area contributed by atoms with Gasteiger partial charge in [-0.3, -0.25) is 9.69 Å². The molecule has 19 heavy (non-hydrogen) atoms. The Kier molecular flexibility index (Phi) is 4.35. The van der Waals surface area contributed by atoms with Crippen molar-refractivity contribution in [1.29, 1.82) is 0 Å². The Balaban J connectivity index is 2.05. The number of carboxylic acid groups (broad SMARTS) is 1. The second-order valence-corrected chi connectivity index (χ2v) is 5.21. The molecule has 1 aliphatic heterocycles. The van der Waals surface area contributed by atoms with Crippen molar-refractivity contribution in [2.24, 2.45) is 11.8 Å². The van der Waals surface area contributed by atoms with E-state index in [0.717, 1.165) is 0 Å². The number of carbonyl (C=O) groups is 1. The predicted octanol–water partition coefficient (Wildman–Crippen LogP) is 1.75. The molecule has 1 saturated heterocycles. The van der Waals surface area contributed by atoms with E-state index in [-0.39, 0.29) is 18.9 Å². The molecule has 7 heteroatoms. The summed E-state index contributed by atoms with van der Waals surface area (Å²) in [6.07, 6.45) is -3.93. The molecule has 1 aliphatic carbocycles. The lowest BCUT2D eigenvalue weighted by Gasteiger charge is -2.41. The van der Waals surface area contributed by atoms with Gasteiger partial charge in [0.25, 0.3) is 0 Å². The van der Waals surface area contributed by atoms with E-state index in [4.69, 9.17) is 9.84 Å². The second kappa shape index (κ2) is 5.66. The van der Waals surface area contributed by atoms with Crippen molar-refractivity contribution in [3.8, 4) is 0 Å². The molecule has 0 radical (unpaired) electrons. The van der Waals surface area contributed by atoms with Gasteiger partial charge in [0.1, 0.15) is 0 Å². The summed E-state index contributed by atoms with van der Waals surface area (Å²) in [7, 11) is 0. The van der Waals surface area contributed by atoms with Gasteiger partial charge in [-0.1, -0.05) is 0 Å². The SMILES string of the molecule is O=C(O)C1CCC(N2CCOCC2)CC1C(F)(F)F. The van der Waals surface area contributed by atoms with Crippen LogP contribution in [0.5, 0.6) is 0 Å². The molecule has 1 N–H and O–H groups in total. The number of ether oxygens (including phenoxy) is 1. The van der Waals surface area contributed by atoms with Crippen molar-refractivity contribution >= 4 is 5.97 Å². The first-order chi connectivity index (χ1) is 8.89. The zero-order valence-electron chi connectivity index (χ0n) is 10.5. The molecule has 2 aliphatic rings. The summed E-state index contributed by atoms with van der Waals surface area (Å²) in [5.41, 5.74) is 0. The Hall–Kier alpha value is -0.820. The highest BCUT2D eigenvalue weighted by atomic mass is 19.4. The minimum Gasteiger partial charge on any atom is -0.481 e. The van der Waals surface area contributed by atoms with Crippen LogP contribution in [0.2, 0.25) is 0 Å². The number of halogens is 3. The highest BCUT2D eigenvalue weighted by molar-refractivity contribution is 5.70. The van der Waals surface area contributed by atoms with Crippen LogP contribution in [0.4, 0.5) is 13.2 Å². The largest absolute Gasteiger partial charge is 0.481 e. The van der Waals surface area contributed by atoms with Crippen LogP contribution < -0.4 is 0 Å². The van der Waals surface area contributed by atoms with Gasteiger partial charge in [-0.25, -0.2) is 0 Å². The van der Waals surface area contributed by atoms with E-state index >= 15 is 0 Å². The van der Waals surface area contributed by atoms with Gasteiger partial charge in [0.15, 0.2) is 0 Å². The van der Waals surface area contributed by atoms with Crippen LogP contribution in [-0.4, -0.2) is 54.5 Å². The Morgan fingerprint density at radius 2 is 1.84 bits per heavy atom. The van der Waals surface area contributed by atoms with Gasteiger partial charge in [0, 0.05) is 19.1 Å². The van der Waals surface area contributed by atoms with Gasteiger partial charge in [-0.05, 0) is 19.3 Å². The lowest BCUT2D eigenvalue weighted by atomic mass is 9.76. The second-order valence-electron chi connectivity index (χ2n) is 5.21. The molecule has 4 nitrogen and oxygen atoms in total. The normalized spacial score (nSPS) is 34.2. The monoisotopic (exact) mass is 281 g/mol. The number of morpholine rings is 1. The average Bonchev–Trinajstić information content (AvgIpc) is 2.38. The van der Waals surface area contributed by atoms with Gasteiger partial charge in [-0.15, -0.1) is 0 Å². The quantitative estimate of drug-likeness (QED) is 0.838. The van der Waals surface area contributed by atoms with Crippen molar-refractivity contribution in [3.63, 3.8) is 0 Å². The van der Waals surface area contributed by atoms with E-state index in [0.29, 0.717) is 32.7 Å². The summed E-state index contributed by atoms with van der Waals surface area (Å²) in [5.74, 6) is -4.35. The maximum atomic E-state index is 13.0. The van der Waals surface area contributed by atoms with E-state index in [1.165, 1.54) is 0 Å². The summed E-state index contributed by atoms with van der Waals surface area (Å²) in [4.78, 5) is 13.0. The smallest absolute Gasteiger partial charge is 0.392 e. The number of alkyl halides is 3. The summed E-state index contributed by atoms with van der Waals surface area (Å²) in [5, 5.41) is 8.93. The van der Waals surface area contributed by atoms with Crippen molar-refractivity contribution < 1.29 is 27.8 Å². The molecule has 0 spiro atoms. The van der Waals surface area contributed by atoms with Crippen molar-refractivity contribution in [2.45, 2.75) is 31.5 Å². The first-order valence-electron chi connectivity index (χ1n) is 6.51. The predicted molar refractivity (Wildman–Crippen MR) is 60.7 cm³/mol. The fourth-order valence-electron chi connectivity index (χ4n) is 3.08. The number of rotatable bonds is 2. The third-order valence-corrected chi connectivity index (χ3v) is 4.12. The maximum Gasteiger partial charge on any atom is 0.392 e. The molecule has 110 valence electrons. The average molecular weight is 281 g/mol. The molecule has 0 aromatic heterocycles. The topological polar surface area (TPSA) is 49.8 Å². The Labute approximate surface area is 109 Å². The van der Waals surface area contributed by atoms with Crippen molar-refractivity contribution in [2.75, 3.05) is 26.3 Å². The molecule has 3 unspecified atom stereocenters. The Morgan fingerprint density at radius 3 is 2.37 bits per heavy atom. The van der Waals surface area contributed by atoms with Crippen LogP contribution >= 0.6 is 0 Å². The molecular weight excluding hydrogens is 263 g/mol. The Morgan fingerprint density at radius 1 is 1.21 bits per heavy atom. The van der Waals surface area contributed by atoms with Crippen molar-refractivity contribution in [1.82, 2.24) is 4.90 Å². The van der Waals surface area contributed by atoms with Gasteiger partial charge < -0.3 is 9.84 Å². The highest BCUT2D eigenvalue weighted by Crippen LogP contribution is 2.43. The molecule has 2 rings (SSSR count). The fraction of sp³-hybridized carbons (Fsp3) is 0.917. The first-order valence-corrected chi connectivity index (χ1v) is 6.51. The van der Waals surface area contributed by atoms with Crippen LogP contribution in [-0.2, 0) is 9.53 Å².